The molecule has 1 rings (SSSR count). The summed E-state index contributed by atoms with van der Waals surface area (Å²) >= 11 is 0. The number of hydrogen-bond acceptors (Lipinski definition) is 3. The summed E-state index contributed by atoms with van der Waals surface area (Å²) in [6, 6.07) is 2.76. The maximum Gasteiger partial charge on any atom is 0.416 e. The van der Waals surface area contributed by atoms with Crippen molar-refractivity contribution in [2.75, 3.05) is 5.32 Å². The zero-order valence-corrected chi connectivity index (χ0v) is 13.1. The fourth-order valence-electron chi connectivity index (χ4n) is 1.77. The van der Waals surface area contributed by atoms with Gasteiger partial charge in [-0.25, -0.2) is 4.79 Å². The standard InChI is InChI=1S/C15H20F3NO3/c1-13(2,3)22-12(20)19-11-8-9(15(16,17)18)6-7-10(11)14(4,5)21/h6-8,21H,1-5H3,(H,19,20). The van der Waals surface area contributed by atoms with Gasteiger partial charge >= 0.3 is 12.3 Å². The molecule has 0 saturated heterocycles. The Labute approximate surface area is 127 Å². The van der Waals surface area contributed by atoms with Crippen molar-refractivity contribution in [3.05, 3.63) is 29.3 Å². The highest BCUT2D eigenvalue weighted by Crippen LogP contribution is 2.35. The first kappa shape index (κ1) is 18.3. The molecule has 0 aromatic heterocycles. The lowest BCUT2D eigenvalue weighted by Crippen LogP contribution is -2.28. The Balaban J connectivity index is 3.21. The molecule has 0 atom stereocenters. The van der Waals surface area contributed by atoms with Gasteiger partial charge in [0.2, 0.25) is 0 Å². The van der Waals surface area contributed by atoms with E-state index in [1.165, 1.54) is 13.8 Å². The largest absolute Gasteiger partial charge is 0.444 e. The van der Waals surface area contributed by atoms with Gasteiger partial charge in [0.05, 0.1) is 16.9 Å². The van der Waals surface area contributed by atoms with Gasteiger partial charge in [-0.2, -0.15) is 13.2 Å². The van der Waals surface area contributed by atoms with E-state index in [0.29, 0.717) is 0 Å². The number of alkyl halides is 3. The number of rotatable bonds is 2. The van der Waals surface area contributed by atoms with Crippen molar-refractivity contribution in [1.82, 2.24) is 0 Å². The molecule has 0 aliphatic heterocycles. The van der Waals surface area contributed by atoms with Gasteiger partial charge in [0.15, 0.2) is 0 Å². The third-order valence-corrected chi connectivity index (χ3v) is 2.64. The Morgan fingerprint density at radius 1 is 1.14 bits per heavy atom. The molecule has 0 spiro atoms. The molecule has 1 aromatic rings. The van der Waals surface area contributed by atoms with Crippen LogP contribution in [-0.4, -0.2) is 16.8 Å². The normalized spacial score (nSPS) is 13.0. The molecule has 1 amide bonds. The number of carbonyl (C=O) groups excluding carboxylic acids is 1. The third kappa shape index (κ3) is 5.22. The lowest BCUT2D eigenvalue weighted by Gasteiger charge is -2.25. The summed E-state index contributed by atoms with van der Waals surface area (Å²) < 4.78 is 43.4. The highest BCUT2D eigenvalue weighted by atomic mass is 19.4. The first-order valence-electron chi connectivity index (χ1n) is 6.64. The zero-order chi connectivity index (χ0) is 17.3. The summed E-state index contributed by atoms with van der Waals surface area (Å²) in [4.78, 5) is 11.8. The van der Waals surface area contributed by atoms with E-state index in [4.69, 9.17) is 4.74 Å². The molecule has 0 unspecified atom stereocenters. The fourth-order valence-corrected chi connectivity index (χ4v) is 1.77. The molecule has 124 valence electrons. The number of anilines is 1. The van der Waals surface area contributed by atoms with Gasteiger partial charge in [0.25, 0.3) is 0 Å². The van der Waals surface area contributed by atoms with E-state index in [1.54, 1.807) is 20.8 Å². The predicted molar refractivity (Wildman–Crippen MR) is 76.5 cm³/mol. The van der Waals surface area contributed by atoms with Crippen LogP contribution in [0.2, 0.25) is 0 Å². The summed E-state index contributed by atoms with van der Waals surface area (Å²) in [5, 5.41) is 12.3. The van der Waals surface area contributed by atoms with Gasteiger partial charge < -0.3 is 9.84 Å². The van der Waals surface area contributed by atoms with Crippen molar-refractivity contribution in [2.45, 2.75) is 52.0 Å². The van der Waals surface area contributed by atoms with Crippen molar-refractivity contribution in [3.63, 3.8) is 0 Å². The number of benzene rings is 1. The third-order valence-electron chi connectivity index (χ3n) is 2.64. The van der Waals surface area contributed by atoms with E-state index in [2.05, 4.69) is 5.32 Å². The minimum absolute atomic E-state index is 0.142. The highest BCUT2D eigenvalue weighted by molar-refractivity contribution is 5.86. The number of nitrogens with one attached hydrogen (secondary N) is 1. The second-order valence-electron chi connectivity index (χ2n) is 6.44. The number of carbonyl (C=O) groups is 1. The van der Waals surface area contributed by atoms with Crippen LogP contribution in [0.5, 0.6) is 0 Å². The predicted octanol–water partition coefficient (Wildman–Crippen LogP) is 4.28. The number of aliphatic hydroxyl groups is 1. The van der Waals surface area contributed by atoms with Crippen LogP contribution in [-0.2, 0) is 16.5 Å². The Morgan fingerprint density at radius 2 is 1.68 bits per heavy atom. The van der Waals surface area contributed by atoms with Crippen LogP contribution in [0.15, 0.2) is 18.2 Å². The quantitative estimate of drug-likeness (QED) is 0.855. The van der Waals surface area contributed by atoms with Crippen molar-refractivity contribution >= 4 is 11.8 Å². The molecular formula is C15H20F3NO3. The molecule has 1 aromatic carbocycles. The summed E-state index contributed by atoms with van der Waals surface area (Å²) in [6.45, 7) is 7.73. The van der Waals surface area contributed by atoms with E-state index in [9.17, 15) is 23.1 Å². The SMILES string of the molecule is CC(C)(C)OC(=O)Nc1cc(C(F)(F)F)ccc1C(C)(C)O. The first-order chi connectivity index (χ1) is 9.70. The molecule has 0 saturated carbocycles. The fraction of sp³-hybridized carbons (Fsp3) is 0.533. The number of hydrogen-bond donors (Lipinski definition) is 2. The lowest BCUT2D eigenvalue weighted by atomic mass is 9.95. The van der Waals surface area contributed by atoms with Crippen LogP contribution in [0.4, 0.5) is 23.7 Å². The smallest absolute Gasteiger partial charge is 0.416 e. The van der Waals surface area contributed by atoms with Crippen LogP contribution >= 0.6 is 0 Å². The van der Waals surface area contributed by atoms with Gasteiger partial charge in [0, 0.05) is 5.56 Å². The van der Waals surface area contributed by atoms with Crippen LogP contribution in [0, 0.1) is 0 Å². The second kappa shape index (κ2) is 5.79. The monoisotopic (exact) mass is 319 g/mol. The second-order valence-corrected chi connectivity index (χ2v) is 6.44. The molecule has 0 fully saturated rings. The van der Waals surface area contributed by atoms with Gasteiger partial charge in [-0.05, 0) is 46.8 Å². The summed E-state index contributed by atoms with van der Waals surface area (Å²) in [5.41, 5.74) is -3.12. The number of halogens is 3. The minimum Gasteiger partial charge on any atom is -0.444 e. The lowest BCUT2D eigenvalue weighted by molar-refractivity contribution is -0.137. The van der Waals surface area contributed by atoms with E-state index >= 15 is 0 Å². The zero-order valence-electron chi connectivity index (χ0n) is 13.1. The van der Waals surface area contributed by atoms with E-state index < -0.39 is 29.0 Å². The van der Waals surface area contributed by atoms with Crippen LogP contribution in [0.3, 0.4) is 0 Å². The molecule has 4 nitrogen and oxygen atoms in total. The molecule has 0 bridgehead atoms. The molecule has 7 heteroatoms. The summed E-state index contributed by atoms with van der Waals surface area (Å²) in [5.74, 6) is 0. The van der Waals surface area contributed by atoms with Crippen molar-refractivity contribution in [3.8, 4) is 0 Å². The minimum atomic E-state index is -4.55. The number of amides is 1. The number of ether oxygens (including phenoxy) is 1. The average Bonchev–Trinajstić information content (AvgIpc) is 2.23. The van der Waals surface area contributed by atoms with Gasteiger partial charge in [-0.3, -0.25) is 5.32 Å². The Hall–Kier alpha value is -1.76. The van der Waals surface area contributed by atoms with Gasteiger partial charge in [0.1, 0.15) is 5.60 Å². The first-order valence-corrected chi connectivity index (χ1v) is 6.64. The van der Waals surface area contributed by atoms with Crippen molar-refractivity contribution in [1.29, 1.82) is 0 Å². The Morgan fingerprint density at radius 3 is 2.09 bits per heavy atom. The van der Waals surface area contributed by atoms with Crippen LogP contribution < -0.4 is 5.32 Å². The topological polar surface area (TPSA) is 58.6 Å². The molecule has 0 heterocycles. The van der Waals surface area contributed by atoms with E-state index in [-0.39, 0.29) is 11.3 Å². The van der Waals surface area contributed by atoms with Crippen molar-refractivity contribution in [2.24, 2.45) is 0 Å². The maximum atomic E-state index is 12.8. The highest BCUT2D eigenvalue weighted by Gasteiger charge is 2.33. The molecular weight excluding hydrogens is 299 g/mol. The molecule has 22 heavy (non-hydrogen) atoms. The van der Waals surface area contributed by atoms with Crippen LogP contribution in [0.1, 0.15) is 45.7 Å². The Bertz CT molecular complexity index is 555. The average molecular weight is 319 g/mol. The van der Waals surface area contributed by atoms with Crippen molar-refractivity contribution < 1.29 is 27.8 Å². The summed E-state index contributed by atoms with van der Waals surface area (Å²) in [6.07, 6.45) is -5.44. The van der Waals surface area contributed by atoms with E-state index in [1.807, 2.05) is 0 Å². The molecule has 2 N–H and O–H groups in total. The van der Waals surface area contributed by atoms with Gasteiger partial charge in [-0.15, -0.1) is 0 Å². The van der Waals surface area contributed by atoms with Crippen LogP contribution in [0.25, 0.3) is 0 Å². The Kier molecular flexibility index (Phi) is 4.82. The molecule has 0 radical (unpaired) electrons. The van der Waals surface area contributed by atoms with E-state index in [0.717, 1.165) is 18.2 Å². The maximum absolute atomic E-state index is 12.8. The molecule has 0 aliphatic rings. The van der Waals surface area contributed by atoms with Gasteiger partial charge in [-0.1, -0.05) is 6.07 Å². The summed E-state index contributed by atoms with van der Waals surface area (Å²) in [7, 11) is 0. The molecule has 0 aliphatic carbocycles.